The average Bonchev–Trinajstić information content (AvgIpc) is 2.28. The predicted octanol–water partition coefficient (Wildman–Crippen LogP) is 3.88. The molecule has 96 valence electrons. The standard InChI is InChI=1S/C12H15F3OS/c1-17-8-4-7-11(16)9-5-2-3-6-10(9)12(13,14)15/h2-3,5-6,11,16H,4,7-8H2,1H3. The number of rotatable bonds is 5. The molecule has 0 aliphatic carbocycles. The van der Waals surface area contributed by atoms with Gasteiger partial charge in [-0.05, 0) is 36.5 Å². The van der Waals surface area contributed by atoms with E-state index >= 15 is 0 Å². The lowest BCUT2D eigenvalue weighted by Crippen LogP contribution is -2.12. The second-order valence-electron chi connectivity index (χ2n) is 3.74. The van der Waals surface area contributed by atoms with Crippen molar-refractivity contribution in [1.82, 2.24) is 0 Å². The average molecular weight is 264 g/mol. The maximum Gasteiger partial charge on any atom is 0.416 e. The van der Waals surface area contributed by atoms with Crippen LogP contribution in [0.1, 0.15) is 30.1 Å². The molecule has 1 rings (SSSR count). The maximum atomic E-state index is 12.7. The van der Waals surface area contributed by atoms with E-state index in [0.29, 0.717) is 12.8 Å². The number of thioether (sulfide) groups is 1. The summed E-state index contributed by atoms with van der Waals surface area (Å²) in [5, 5.41) is 9.78. The van der Waals surface area contributed by atoms with E-state index in [-0.39, 0.29) is 5.56 Å². The molecule has 0 fully saturated rings. The van der Waals surface area contributed by atoms with Gasteiger partial charge in [0.05, 0.1) is 11.7 Å². The normalized spacial score (nSPS) is 13.7. The summed E-state index contributed by atoms with van der Waals surface area (Å²) in [6, 6.07) is 5.20. The van der Waals surface area contributed by atoms with Crippen LogP contribution in [0.25, 0.3) is 0 Å². The number of hydrogen-bond donors (Lipinski definition) is 1. The van der Waals surface area contributed by atoms with Crippen LogP contribution in [0, 0.1) is 0 Å². The van der Waals surface area contributed by atoms with Crippen molar-refractivity contribution in [3.8, 4) is 0 Å². The van der Waals surface area contributed by atoms with Gasteiger partial charge in [-0.2, -0.15) is 24.9 Å². The van der Waals surface area contributed by atoms with E-state index in [1.54, 1.807) is 11.8 Å². The van der Waals surface area contributed by atoms with Gasteiger partial charge in [-0.25, -0.2) is 0 Å². The van der Waals surface area contributed by atoms with Gasteiger partial charge in [-0.15, -0.1) is 0 Å². The third-order valence-corrected chi connectivity index (χ3v) is 3.15. The molecule has 1 unspecified atom stereocenters. The Kier molecular flexibility index (Phi) is 5.33. The van der Waals surface area contributed by atoms with Gasteiger partial charge in [0.25, 0.3) is 0 Å². The van der Waals surface area contributed by atoms with Crippen LogP contribution in [0.5, 0.6) is 0 Å². The van der Waals surface area contributed by atoms with Crippen LogP contribution in [0.4, 0.5) is 13.2 Å². The molecule has 0 saturated carbocycles. The minimum Gasteiger partial charge on any atom is -0.388 e. The quantitative estimate of drug-likeness (QED) is 0.814. The lowest BCUT2D eigenvalue weighted by Gasteiger charge is -2.17. The molecule has 1 aromatic rings. The summed E-state index contributed by atoms with van der Waals surface area (Å²) >= 11 is 1.62. The van der Waals surface area contributed by atoms with Gasteiger partial charge in [-0.3, -0.25) is 0 Å². The van der Waals surface area contributed by atoms with E-state index in [2.05, 4.69) is 0 Å². The van der Waals surface area contributed by atoms with Crippen LogP contribution >= 0.6 is 11.8 Å². The van der Waals surface area contributed by atoms with E-state index in [9.17, 15) is 18.3 Å². The van der Waals surface area contributed by atoms with Gasteiger partial charge in [-0.1, -0.05) is 18.2 Å². The molecular formula is C12H15F3OS. The summed E-state index contributed by atoms with van der Waals surface area (Å²) in [5.41, 5.74) is -0.766. The lowest BCUT2D eigenvalue weighted by atomic mass is 9.99. The van der Waals surface area contributed by atoms with E-state index in [1.807, 2.05) is 6.26 Å². The molecule has 0 bridgehead atoms. The molecule has 0 aliphatic rings. The Morgan fingerprint density at radius 2 is 1.94 bits per heavy atom. The van der Waals surface area contributed by atoms with Crippen molar-refractivity contribution < 1.29 is 18.3 Å². The first kappa shape index (κ1) is 14.4. The molecule has 1 N–H and O–H groups in total. The van der Waals surface area contributed by atoms with Gasteiger partial charge < -0.3 is 5.11 Å². The summed E-state index contributed by atoms with van der Waals surface area (Å²) in [7, 11) is 0. The fraction of sp³-hybridized carbons (Fsp3) is 0.500. The van der Waals surface area contributed by atoms with Crippen LogP contribution < -0.4 is 0 Å². The molecule has 0 aromatic heterocycles. The molecule has 1 aromatic carbocycles. The number of aliphatic hydroxyl groups is 1. The summed E-state index contributed by atoms with van der Waals surface area (Å²) in [6.07, 6.45) is -2.46. The van der Waals surface area contributed by atoms with Crippen LogP contribution in [0.15, 0.2) is 24.3 Å². The predicted molar refractivity (Wildman–Crippen MR) is 64.0 cm³/mol. The molecule has 0 aliphatic heterocycles. The summed E-state index contributed by atoms with van der Waals surface area (Å²) < 4.78 is 38.0. The molecular weight excluding hydrogens is 249 g/mol. The topological polar surface area (TPSA) is 20.2 Å². The fourth-order valence-electron chi connectivity index (χ4n) is 1.62. The molecule has 0 heterocycles. The van der Waals surface area contributed by atoms with Crippen molar-refractivity contribution in [2.45, 2.75) is 25.1 Å². The number of aliphatic hydroxyl groups excluding tert-OH is 1. The van der Waals surface area contributed by atoms with Gasteiger partial charge in [0.2, 0.25) is 0 Å². The molecule has 0 saturated heterocycles. The van der Waals surface area contributed by atoms with Crippen LogP contribution in [0.2, 0.25) is 0 Å². The zero-order valence-electron chi connectivity index (χ0n) is 9.50. The smallest absolute Gasteiger partial charge is 0.388 e. The first-order valence-electron chi connectivity index (χ1n) is 5.30. The number of alkyl halides is 3. The van der Waals surface area contributed by atoms with Crippen molar-refractivity contribution in [1.29, 1.82) is 0 Å². The first-order chi connectivity index (χ1) is 7.96. The molecule has 0 amide bonds. The van der Waals surface area contributed by atoms with Gasteiger partial charge >= 0.3 is 6.18 Å². The molecule has 1 nitrogen and oxygen atoms in total. The Balaban J connectivity index is 2.82. The third kappa shape index (κ3) is 4.24. The highest BCUT2D eigenvalue weighted by Gasteiger charge is 2.34. The fourth-order valence-corrected chi connectivity index (χ4v) is 2.08. The maximum absolute atomic E-state index is 12.7. The van der Waals surface area contributed by atoms with Crippen LogP contribution in [-0.2, 0) is 6.18 Å². The van der Waals surface area contributed by atoms with Crippen molar-refractivity contribution in [2.24, 2.45) is 0 Å². The van der Waals surface area contributed by atoms with Crippen molar-refractivity contribution in [3.63, 3.8) is 0 Å². The van der Waals surface area contributed by atoms with E-state index in [4.69, 9.17) is 0 Å². The van der Waals surface area contributed by atoms with Gasteiger partial charge in [0, 0.05) is 0 Å². The van der Waals surface area contributed by atoms with E-state index in [0.717, 1.165) is 11.8 Å². The summed E-state index contributed by atoms with van der Waals surface area (Å²) in [5.74, 6) is 0.839. The molecule has 0 spiro atoms. The zero-order chi connectivity index (χ0) is 12.9. The molecule has 5 heteroatoms. The Labute approximate surface area is 103 Å². The molecule has 1 atom stereocenters. The van der Waals surface area contributed by atoms with Crippen molar-refractivity contribution in [3.05, 3.63) is 35.4 Å². The lowest BCUT2D eigenvalue weighted by molar-refractivity contribution is -0.139. The van der Waals surface area contributed by atoms with Gasteiger partial charge in [0.15, 0.2) is 0 Å². The second kappa shape index (κ2) is 6.31. The Hall–Kier alpha value is -0.680. The number of halogens is 3. The minimum absolute atomic E-state index is 0.0268. The SMILES string of the molecule is CSCCCC(O)c1ccccc1C(F)(F)F. The van der Waals surface area contributed by atoms with Crippen LogP contribution in [0.3, 0.4) is 0 Å². The first-order valence-corrected chi connectivity index (χ1v) is 6.69. The summed E-state index contributed by atoms with van der Waals surface area (Å²) in [6.45, 7) is 0. The van der Waals surface area contributed by atoms with E-state index < -0.39 is 17.8 Å². The Morgan fingerprint density at radius 1 is 1.29 bits per heavy atom. The van der Waals surface area contributed by atoms with Gasteiger partial charge in [0.1, 0.15) is 0 Å². The van der Waals surface area contributed by atoms with Crippen LogP contribution in [-0.4, -0.2) is 17.1 Å². The van der Waals surface area contributed by atoms with Crippen molar-refractivity contribution >= 4 is 11.8 Å². The monoisotopic (exact) mass is 264 g/mol. The molecule has 17 heavy (non-hydrogen) atoms. The highest BCUT2D eigenvalue weighted by molar-refractivity contribution is 7.98. The number of benzene rings is 1. The Bertz CT molecular complexity index is 352. The highest BCUT2D eigenvalue weighted by atomic mass is 32.2. The third-order valence-electron chi connectivity index (χ3n) is 2.45. The zero-order valence-corrected chi connectivity index (χ0v) is 10.3. The minimum atomic E-state index is -4.41. The van der Waals surface area contributed by atoms with E-state index in [1.165, 1.54) is 18.2 Å². The number of hydrogen-bond acceptors (Lipinski definition) is 2. The second-order valence-corrected chi connectivity index (χ2v) is 4.72. The Morgan fingerprint density at radius 3 is 2.53 bits per heavy atom. The highest BCUT2D eigenvalue weighted by Crippen LogP contribution is 2.35. The van der Waals surface area contributed by atoms with Crippen molar-refractivity contribution in [2.75, 3.05) is 12.0 Å². The molecule has 0 radical (unpaired) electrons. The largest absolute Gasteiger partial charge is 0.416 e. The summed E-state index contributed by atoms with van der Waals surface area (Å²) in [4.78, 5) is 0.